The quantitative estimate of drug-likeness (QED) is 0.0314. The molecule has 484 valence electrons. The highest BCUT2D eigenvalue weighted by Crippen LogP contribution is 2.36. The third-order valence-corrected chi connectivity index (χ3v) is 19.8. The van der Waals surface area contributed by atoms with Crippen molar-refractivity contribution in [3.63, 3.8) is 0 Å². The molecule has 2 aromatic carbocycles. The highest BCUT2D eigenvalue weighted by Gasteiger charge is 2.40. The van der Waals surface area contributed by atoms with E-state index in [4.69, 9.17) is 19.4 Å². The second kappa shape index (κ2) is 30.9. The molecule has 88 heavy (non-hydrogen) atoms. The van der Waals surface area contributed by atoms with Gasteiger partial charge in [0.15, 0.2) is 0 Å². The highest BCUT2D eigenvalue weighted by molar-refractivity contribution is 7.89. The fourth-order valence-electron chi connectivity index (χ4n) is 11.5. The van der Waals surface area contributed by atoms with Gasteiger partial charge >= 0.3 is 0 Å². The molecule has 2 aliphatic heterocycles. The maximum Gasteiger partial charge on any atom is 0.294 e. The van der Waals surface area contributed by atoms with Crippen molar-refractivity contribution in [2.75, 3.05) is 79.9 Å². The van der Waals surface area contributed by atoms with Crippen LogP contribution in [0.5, 0.6) is 11.5 Å². The van der Waals surface area contributed by atoms with Crippen LogP contribution < -0.4 is 20.6 Å². The summed E-state index contributed by atoms with van der Waals surface area (Å²) < 4.78 is 74.8. The molecule has 2 saturated heterocycles. The predicted octanol–water partition coefficient (Wildman–Crippen LogP) is 5.61. The summed E-state index contributed by atoms with van der Waals surface area (Å²) in [4.78, 5) is 76.5. The number of nitrogens with one attached hydrogen (secondary N) is 2. The number of H-pyrrole nitrogens is 2. The SMILES string of the molecule is CCCOc1ccc(S(=O)(=O)N2C[C@@H](CCO)N(C)[C@@H](CCO)C2)cc1-c1nc2c(CCC)cn(CC)c2c(=O)[nH]1.CCCOc1ccc(S(=O)(=O)N2C[C@@H](CCO[N+](=O)[O-])N(C)[C@@H](CCO[N+](=O)[O-])C2)cc1-c1nc2c(CCC)cn(CC)c2c(=O)[nH]1. The fourth-order valence-corrected chi connectivity index (χ4v) is 14.6. The van der Waals surface area contributed by atoms with Crippen LogP contribution in [0.1, 0.15) is 104 Å². The molecule has 4 aromatic heterocycles. The molecule has 8 rings (SSSR count). The Labute approximate surface area is 511 Å². The summed E-state index contributed by atoms with van der Waals surface area (Å²) in [6, 6.07) is 7.69. The Morgan fingerprint density at radius 1 is 0.568 bits per heavy atom. The smallest absolute Gasteiger partial charge is 0.294 e. The van der Waals surface area contributed by atoms with Gasteiger partial charge in [0.25, 0.3) is 21.3 Å². The summed E-state index contributed by atoms with van der Waals surface area (Å²) in [6.07, 6.45) is 9.64. The topological polar surface area (TPSA) is 346 Å². The van der Waals surface area contributed by atoms with Crippen LogP contribution in [-0.4, -0.2) is 189 Å². The van der Waals surface area contributed by atoms with Gasteiger partial charge in [0.05, 0.1) is 58.4 Å². The molecule has 2 fully saturated rings. The molecule has 2 aliphatic rings. The minimum atomic E-state index is -4.19. The zero-order chi connectivity index (χ0) is 64.0. The molecule has 6 heterocycles. The average molecular weight is 1270 g/mol. The molecule has 4 atom stereocenters. The molecule has 0 spiro atoms. The van der Waals surface area contributed by atoms with Crippen LogP contribution in [0.15, 0.2) is 68.2 Å². The average Bonchev–Trinajstić information content (AvgIpc) is 1.36. The van der Waals surface area contributed by atoms with Crippen LogP contribution in [0, 0.1) is 20.2 Å². The second-order valence-corrected chi connectivity index (χ2v) is 25.8. The number of benzene rings is 2. The first kappa shape index (κ1) is 68.4. The second-order valence-electron chi connectivity index (χ2n) is 21.9. The Kier molecular flexibility index (Phi) is 24.0. The van der Waals surface area contributed by atoms with Crippen molar-refractivity contribution in [2.24, 2.45) is 0 Å². The molecule has 30 heteroatoms. The summed E-state index contributed by atoms with van der Waals surface area (Å²) in [6.45, 7) is 13.7. The number of aliphatic hydroxyl groups is 2. The molecular formula is C58H84N12O16S2. The number of ether oxygens (including phenoxy) is 2. The van der Waals surface area contributed by atoms with E-state index in [0.717, 1.165) is 36.8 Å². The van der Waals surface area contributed by atoms with Crippen LogP contribution in [0.25, 0.3) is 44.8 Å². The van der Waals surface area contributed by atoms with Gasteiger partial charge in [-0.05, 0) is 127 Å². The molecular weight excluding hydrogens is 1180 g/mol. The number of aliphatic hydroxyl groups excluding tert-OH is 2. The van der Waals surface area contributed by atoms with Crippen LogP contribution in [0.2, 0.25) is 0 Å². The summed E-state index contributed by atoms with van der Waals surface area (Å²) in [5.41, 5.74) is 4.03. The molecule has 4 N–H and O–H groups in total. The largest absolute Gasteiger partial charge is 0.493 e. The van der Waals surface area contributed by atoms with E-state index < -0.39 is 42.3 Å². The lowest BCUT2D eigenvalue weighted by molar-refractivity contribution is -0.758. The van der Waals surface area contributed by atoms with Gasteiger partial charge in [0.2, 0.25) is 20.0 Å². The van der Waals surface area contributed by atoms with Crippen LogP contribution in [0.3, 0.4) is 0 Å². The monoisotopic (exact) mass is 1270 g/mol. The molecule has 28 nitrogen and oxygen atoms in total. The van der Waals surface area contributed by atoms with Gasteiger partial charge in [0, 0.05) is 89.0 Å². The van der Waals surface area contributed by atoms with Gasteiger partial charge in [-0.25, -0.2) is 26.8 Å². The van der Waals surface area contributed by atoms with E-state index in [0.29, 0.717) is 96.7 Å². The third kappa shape index (κ3) is 15.7. The summed E-state index contributed by atoms with van der Waals surface area (Å²) in [7, 11) is -4.52. The van der Waals surface area contributed by atoms with Crippen LogP contribution >= 0.6 is 0 Å². The van der Waals surface area contributed by atoms with E-state index in [9.17, 15) is 56.9 Å². The van der Waals surface area contributed by atoms with Crippen LogP contribution in [0.4, 0.5) is 0 Å². The lowest BCUT2D eigenvalue weighted by Gasteiger charge is -2.44. The van der Waals surface area contributed by atoms with Crippen molar-refractivity contribution in [3.05, 3.63) is 101 Å². The van der Waals surface area contributed by atoms with Gasteiger partial charge < -0.3 is 48.5 Å². The van der Waals surface area contributed by atoms with E-state index in [1.165, 1.54) is 38.9 Å². The predicted molar refractivity (Wildman–Crippen MR) is 329 cm³/mol. The van der Waals surface area contributed by atoms with E-state index in [1.54, 1.807) is 13.1 Å². The van der Waals surface area contributed by atoms with Gasteiger partial charge in [-0.15, -0.1) is 20.2 Å². The Morgan fingerprint density at radius 3 is 1.25 bits per heavy atom. The minimum Gasteiger partial charge on any atom is -0.493 e. The number of fused-ring (bicyclic) bond motifs is 2. The lowest BCUT2D eigenvalue weighted by Crippen LogP contribution is -2.58. The van der Waals surface area contributed by atoms with Crippen molar-refractivity contribution in [1.29, 1.82) is 0 Å². The van der Waals surface area contributed by atoms with Crippen molar-refractivity contribution in [3.8, 4) is 34.3 Å². The fraction of sp³-hybridized carbons (Fsp3) is 0.586. The zero-order valence-electron chi connectivity index (χ0n) is 51.4. The maximum atomic E-state index is 14.2. The number of aromatic nitrogens is 6. The lowest BCUT2D eigenvalue weighted by atomic mass is 10.0. The maximum absolute atomic E-state index is 14.2. The minimum absolute atomic E-state index is 0.0120. The molecule has 0 radical (unpaired) electrons. The normalized spacial score (nSPS) is 18.1. The third-order valence-electron chi connectivity index (χ3n) is 16.1. The Morgan fingerprint density at radius 2 is 0.932 bits per heavy atom. The first-order valence-electron chi connectivity index (χ1n) is 30.1. The van der Waals surface area contributed by atoms with Crippen molar-refractivity contribution in [1.82, 2.24) is 47.5 Å². The molecule has 0 unspecified atom stereocenters. The van der Waals surface area contributed by atoms with Gasteiger partial charge in [-0.2, -0.15) is 8.61 Å². The zero-order valence-corrected chi connectivity index (χ0v) is 53.0. The number of hydrogen-bond donors (Lipinski definition) is 4. The number of aryl methyl sites for hydroxylation is 4. The standard InChI is InChI=1S/C29H41N7O10S.C29H43N5O6S/c1-5-8-20-17-33(7-3)27-26(20)30-28(31-29(27)37)24-16-23(9-10-25(24)44-13-6-2)47(42,43)34-18-21(11-14-45-35(38)39)32(4)22(19-34)12-15-46-36(40)41;1-5-8-20-17-33(7-3)27-26(20)30-28(31-29(27)37)24-16-23(9-10-25(24)40-15-6-2)41(38,39)34-18-21(11-13-35)32(4)22(19-34)12-14-36/h9-10,16-17,21-22H,5-8,11-15,18-19H2,1-4H3,(H,30,31,37);9-10,16-17,21-22,35-36H,5-8,11-15,18-19H2,1-4H3,(H,30,31,37)/t2*21-,22+. The number of nitrogens with zero attached hydrogens (tertiary/aromatic N) is 10. The van der Waals surface area contributed by atoms with Crippen LogP contribution in [-0.2, 0) is 55.7 Å². The number of sulfonamides is 2. The number of likely N-dealkylation sites (N-methyl/N-ethyl adjacent to an activating group) is 2. The van der Waals surface area contributed by atoms with Gasteiger partial charge in [0.1, 0.15) is 34.2 Å². The summed E-state index contributed by atoms with van der Waals surface area (Å²) >= 11 is 0. The van der Waals surface area contributed by atoms with E-state index in [1.807, 2.05) is 73.0 Å². The van der Waals surface area contributed by atoms with Crippen molar-refractivity contribution >= 4 is 42.1 Å². The molecule has 0 amide bonds. The summed E-state index contributed by atoms with van der Waals surface area (Å²) in [5, 5.41) is 38.9. The molecule has 0 saturated carbocycles. The Hall–Kier alpha value is -7.06. The number of hydrogen-bond acceptors (Lipinski definition) is 20. The van der Waals surface area contributed by atoms with E-state index in [2.05, 4.69) is 26.6 Å². The number of rotatable bonds is 30. The van der Waals surface area contributed by atoms with Gasteiger partial charge in [-0.3, -0.25) is 19.4 Å². The van der Waals surface area contributed by atoms with Crippen molar-refractivity contribution in [2.45, 2.75) is 153 Å². The Balaban J connectivity index is 0.000000253. The first-order chi connectivity index (χ1) is 42.1. The summed E-state index contributed by atoms with van der Waals surface area (Å²) in [5.74, 6) is 1.21. The Bertz CT molecular complexity index is 3680. The van der Waals surface area contributed by atoms with Crippen molar-refractivity contribution < 1.29 is 56.4 Å². The highest BCUT2D eigenvalue weighted by atomic mass is 32.2. The van der Waals surface area contributed by atoms with E-state index >= 15 is 0 Å². The molecule has 0 bridgehead atoms. The number of piperazine rings is 2. The van der Waals surface area contributed by atoms with Gasteiger partial charge in [-0.1, -0.05) is 40.5 Å². The molecule has 6 aromatic rings. The first-order valence-corrected chi connectivity index (χ1v) is 33.0. The molecule has 0 aliphatic carbocycles. The van der Waals surface area contributed by atoms with E-state index in [-0.39, 0.29) is 110 Å². The number of aromatic amines is 2.